The third kappa shape index (κ3) is 3.27. The summed E-state index contributed by atoms with van der Waals surface area (Å²) in [4.78, 5) is 9.20. The van der Waals surface area contributed by atoms with Crippen LogP contribution in [0.1, 0.15) is 25.6 Å². The van der Waals surface area contributed by atoms with E-state index in [1.54, 1.807) is 6.20 Å². The standard InChI is InChI=1S/C16H24N6/c1-3-21-11-9-17-16(21)13-20(2)12-14-6-5-10-22(14)15-7-4-8-18-19-15/h4,7-9,11,14H,3,5-6,10,12-13H2,1-2H3/t14-/m0/s1. The molecule has 3 heterocycles. The largest absolute Gasteiger partial charge is 0.351 e. The first-order valence-corrected chi connectivity index (χ1v) is 8.01. The van der Waals surface area contributed by atoms with Gasteiger partial charge in [0, 0.05) is 44.3 Å². The maximum absolute atomic E-state index is 4.46. The van der Waals surface area contributed by atoms with E-state index in [1.807, 2.05) is 18.5 Å². The molecule has 6 heteroatoms. The molecule has 1 aliphatic rings. The maximum atomic E-state index is 4.46. The van der Waals surface area contributed by atoms with Crippen LogP contribution in [0.5, 0.6) is 0 Å². The van der Waals surface area contributed by atoms with Crippen molar-refractivity contribution < 1.29 is 0 Å². The van der Waals surface area contributed by atoms with Gasteiger partial charge in [-0.3, -0.25) is 4.90 Å². The molecule has 0 aliphatic carbocycles. The Labute approximate surface area is 131 Å². The second kappa shape index (κ2) is 6.87. The van der Waals surface area contributed by atoms with Crippen LogP contribution >= 0.6 is 0 Å². The summed E-state index contributed by atoms with van der Waals surface area (Å²) >= 11 is 0. The van der Waals surface area contributed by atoms with Crippen LogP contribution in [-0.4, -0.2) is 50.8 Å². The van der Waals surface area contributed by atoms with Gasteiger partial charge in [-0.2, -0.15) is 5.10 Å². The van der Waals surface area contributed by atoms with E-state index in [0.29, 0.717) is 6.04 Å². The Morgan fingerprint density at radius 2 is 2.27 bits per heavy atom. The fraction of sp³-hybridized carbons (Fsp3) is 0.562. The molecule has 22 heavy (non-hydrogen) atoms. The molecule has 1 atom stereocenters. The summed E-state index contributed by atoms with van der Waals surface area (Å²) in [5.41, 5.74) is 0. The molecule has 1 aliphatic heterocycles. The van der Waals surface area contributed by atoms with Gasteiger partial charge in [0.2, 0.25) is 0 Å². The summed E-state index contributed by atoms with van der Waals surface area (Å²) < 4.78 is 2.20. The fourth-order valence-electron chi connectivity index (χ4n) is 3.22. The molecular formula is C16H24N6. The molecule has 6 nitrogen and oxygen atoms in total. The van der Waals surface area contributed by atoms with Crippen molar-refractivity contribution in [1.82, 2.24) is 24.6 Å². The Morgan fingerprint density at radius 3 is 3.05 bits per heavy atom. The normalized spacial score (nSPS) is 18.3. The first-order chi connectivity index (χ1) is 10.8. The number of imidazole rings is 1. The summed E-state index contributed by atoms with van der Waals surface area (Å²) in [6.45, 7) is 6.09. The number of hydrogen-bond acceptors (Lipinski definition) is 5. The predicted octanol–water partition coefficient (Wildman–Crippen LogP) is 1.79. The summed E-state index contributed by atoms with van der Waals surface area (Å²) in [7, 11) is 2.17. The van der Waals surface area contributed by atoms with E-state index >= 15 is 0 Å². The minimum Gasteiger partial charge on any atom is -0.351 e. The highest BCUT2D eigenvalue weighted by Crippen LogP contribution is 2.23. The number of aromatic nitrogens is 4. The van der Waals surface area contributed by atoms with Gasteiger partial charge in [-0.1, -0.05) is 0 Å². The maximum Gasteiger partial charge on any atom is 0.151 e. The summed E-state index contributed by atoms with van der Waals surface area (Å²) in [5.74, 6) is 2.13. The van der Waals surface area contributed by atoms with Crippen molar-refractivity contribution in [3.8, 4) is 0 Å². The molecule has 0 spiro atoms. The molecule has 2 aromatic rings. The highest BCUT2D eigenvalue weighted by Gasteiger charge is 2.27. The first-order valence-electron chi connectivity index (χ1n) is 8.01. The molecule has 3 rings (SSSR count). The lowest BCUT2D eigenvalue weighted by molar-refractivity contribution is 0.291. The number of nitrogens with zero attached hydrogens (tertiary/aromatic N) is 6. The van der Waals surface area contributed by atoms with Crippen molar-refractivity contribution in [2.45, 2.75) is 38.9 Å². The van der Waals surface area contributed by atoms with Crippen LogP contribution in [-0.2, 0) is 13.1 Å². The van der Waals surface area contributed by atoms with E-state index in [1.165, 1.54) is 12.8 Å². The Hall–Kier alpha value is -1.95. The molecule has 0 bridgehead atoms. The average Bonchev–Trinajstić information content (AvgIpc) is 3.17. The lowest BCUT2D eigenvalue weighted by atomic mass is 10.2. The summed E-state index contributed by atoms with van der Waals surface area (Å²) in [6.07, 6.45) is 8.09. The number of hydrogen-bond donors (Lipinski definition) is 0. The Bertz CT molecular complexity index is 581. The van der Waals surface area contributed by atoms with Crippen molar-refractivity contribution in [2.24, 2.45) is 0 Å². The van der Waals surface area contributed by atoms with Gasteiger partial charge < -0.3 is 9.47 Å². The Morgan fingerprint density at radius 1 is 1.36 bits per heavy atom. The summed E-state index contributed by atoms with van der Waals surface area (Å²) in [6, 6.07) is 4.51. The zero-order valence-electron chi connectivity index (χ0n) is 13.4. The van der Waals surface area contributed by atoms with E-state index in [4.69, 9.17) is 0 Å². The molecule has 2 aromatic heterocycles. The fourth-order valence-corrected chi connectivity index (χ4v) is 3.22. The monoisotopic (exact) mass is 300 g/mol. The lowest BCUT2D eigenvalue weighted by Crippen LogP contribution is -2.39. The molecule has 0 amide bonds. The van der Waals surface area contributed by atoms with Crippen molar-refractivity contribution >= 4 is 5.82 Å². The molecule has 0 radical (unpaired) electrons. The molecule has 0 unspecified atom stereocenters. The molecule has 1 saturated heterocycles. The van der Waals surface area contributed by atoms with Crippen molar-refractivity contribution in [2.75, 3.05) is 25.0 Å². The minimum atomic E-state index is 0.506. The van der Waals surface area contributed by atoms with Crippen LogP contribution in [0.3, 0.4) is 0 Å². The molecular weight excluding hydrogens is 276 g/mol. The highest BCUT2D eigenvalue weighted by atomic mass is 15.3. The summed E-state index contributed by atoms with van der Waals surface area (Å²) in [5, 5.41) is 8.27. The smallest absolute Gasteiger partial charge is 0.151 e. The van der Waals surface area contributed by atoms with Crippen molar-refractivity contribution in [3.63, 3.8) is 0 Å². The van der Waals surface area contributed by atoms with Gasteiger partial charge in [-0.05, 0) is 38.9 Å². The number of aryl methyl sites for hydroxylation is 1. The first kappa shape index (κ1) is 15.0. The zero-order chi connectivity index (χ0) is 15.4. The quantitative estimate of drug-likeness (QED) is 0.814. The number of rotatable bonds is 6. The van der Waals surface area contributed by atoms with Gasteiger partial charge in [0.25, 0.3) is 0 Å². The van der Waals surface area contributed by atoms with Crippen molar-refractivity contribution in [3.05, 3.63) is 36.5 Å². The number of likely N-dealkylation sites (N-methyl/N-ethyl adjacent to an activating group) is 1. The Kier molecular flexibility index (Phi) is 4.68. The van der Waals surface area contributed by atoms with Gasteiger partial charge in [-0.25, -0.2) is 4.98 Å². The van der Waals surface area contributed by atoms with E-state index in [2.05, 4.69) is 49.6 Å². The van der Waals surface area contributed by atoms with Crippen LogP contribution in [0.15, 0.2) is 30.7 Å². The van der Waals surface area contributed by atoms with E-state index in [0.717, 1.165) is 37.8 Å². The molecule has 0 aromatic carbocycles. The van der Waals surface area contributed by atoms with E-state index in [9.17, 15) is 0 Å². The van der Waals surface area contributed by atoms with Gasteiger partial charge in [-0.15, -0.1) is 5.10 Å². The SMILES string of the molecule is CCn1ccnc1CN(C)C[C@@H]1CCCN1c1cccnn1. The average molecular weight is 300 g/mol. The Balaban J connectivity index is 1.62. The topological polar surface area (TPSA) is 50.1 Å². The van der Waals surface area contributed by atoms with Gasteiger partial charge >= 0.3 is 0 Å². The van der Waals surface area contributed by atoms with E-state index < -0.39 is 0 Å². The zero-order valence-corrected chi connectivity index (χ0v) is 13.4. The molecule has 118 valence electrons. The molecule has 1 fully saturated rings. The van der Waals surface area contributed by atoms with Gasteiger partial charge in [0.15, 0.2) is 5.82 Å². The second-order valence-corrected chi connectivity index (χ2v) is 5.90. The third-order valence-electron chi connectivity index (χ3n) is 4.31. The minimum absolute atomic E-state index is 0.506. The van der Waals surface area contributed by atoms with Crippen LogP contribution in [0.4, 0.5) is 5.82 Å². The lowest BCUT2D eigenvalue weighted by Gasteiger charge is -2.29. The third-order valence-corrected chi connectivity index (χ3v) is 4.31. The predicted molar refractivity (Wildman–Crippen MR) is 86.6 cm³/mol. The van der Waals surface area contributed by atoms with Gasteiger partial charge in [0.1, 0.15) is 5.82 Å². The van der Waals surface area contributed by atoms with Crippen LogP contribution in [0, 0.1) is 0 Å². The van der Waals surface area contributed by atoms with Crippen LogP contribution < -0.4 is 4.90 Å². The van der Waals surface area contributed by atoms with Crippen LogP contribution in [0.25, 0.3) is 0 Å². The van der Waals surface area contributed by atoms with Crippen molar-refractivity contribution in [1.29, 1.82) is 0 Å². The van der Waals surface area contributed by atoms with Crippen LogP contribution in [0.2, 0.25) is 0 Å². The number of anilines is 1. The highest BCUT2D eigenvalue weighted by molar-refractivity contribution is 5.39. The molecule has 0 saturated carbocycles. The van der Waals surface area contributed by atoms with E-state index in [-0.39, 0.29) is 0 Å². The second-order valence-electron chi connectivity index (χ2n) is 5.90. The molecule has 0 N–H and O–H groups in total. The van der Waals surface area contributed by atoms with Gasteiger partial charge in [0.05, 0.1) is 6.54 Å².